The molecule has 60 valence electrons. The lowest BCUT2D eigenvalue weighted by Gasteiger charge is -2.05. The van der Waals surface area contributed by atoms with Gasteiger partial charge in [-0.25, -0.2) is 0 Å². The number of anilines is 2. The van der Waals surface area contributed by atoms with Gasteiger partial charge >= 0.3 is 0 Å². The summed E-state index contributed by atoms with van der Waals surface area (Å²) in [7, 11) is 1.57. The third-order valence-electron chi connectivity index (χ3n) is 1.34. The zero-order chi connectivity index (χ0) is 8.43. The molecule has 1 aromatic rings. The van der Waals surface area contributed by atoms with Crippen molar-refractivity contribution >= 4 is 27.3 Å². The van der Waals surface area contributed by atoms with E-state index in [1.807, 2.05) is 0 Å². The van der Waals surface area contributed by atoms with E-state index in [9.17, 15) is 0 Å². The van der Waals surface area contributed by atoms with Crippen LogP contribution in [0.2, 0.25) is 0 Å². The lowest BCUT2D eigenvalue weighted by molar-refractivity contribution is 0.415. The van der Waals surface area contributed by atoms with Gasteiger partial charge in [0.25, 0.3) is 0 Å². The minimum Gasteiger partial charge on any atom is -0.497 e. The average molecular weight is 217 g/mol. The number of ether oxygens (including phenoxy) is 1. The van der Waals surface area contributed by atoms with E-state index >= 15 is 0 Å². The third kappa shape index (κ3) is 1.57. The highest BCUT2D eigenvalue weighted by molar-refractivity contribution is 9.10. The molecule has 0 atom stereocenters. The number of rotatable bonds is 1. The van der Waals surface area contributed by atoms with Crippen LogP contribution in [0.25, 0.3) is 0 Å². The fraction of sp³-hybridized carbons (Fsp3) is 0.143. The van der Waals surface area contributed by atoms with Crippen molar-refractivity contribution < 1.29 is 4.74 Å². The lowest BCUT2D eigenvalue weighted by atomic mass is 10.3. The van der Waals surface area contributed by atoms with Gasteiger partial charge in [-0.05, 0) is 15.9 Å². The molecule has 1 rings (SSSR count). The van der Waals surface area contributed by atoms with Gasteiger partial charge in [-0.2, -0.15) is 0 Å². The Bertz CT molecular complexity index is 252. The summed E-state index contributed by atoms with van der Waals surface area (Å²) < 4.78 is 5.67. The Morgan fingerprint density at radius 2 is 1.73 bits per heavy atom. The molecule has 0 aromatic heterocycles. The molecule has 0 radical (unpaired) electrons. The van der Waals surface area contributed by atoms with E-state index in [-0.39, 0.29) is 0 Å². The van der Waals surface area contributed by atoms with Gasteiger partial charge in [0, 0.05) is 12.1 Å². The van der Waals surface area contributed by atoms with Crippen molar-refractivity contribution in [3.05, 3.63) is 16.6 Å². The zero-order valence-corrected chi connectivity index (χ0v) is 7.68. The van der Waals surface area contributed by atoms with Crippen LogP contribution in [0.3, 0.4) is 0 Å². The van der Waals surface area contributed by atoms with Crippen molar-refractivity contribution in [2.45, 2.75) is 0 Å². The molecule has 0 aliphatic heterocycles. The Balaban J connectivity index is 3.21. The molecule has 3 nitrogen and oxygen atoms in total. The van der Waals surface area contributed by atoms with Crippen molar-refractivity contribution in [1.82, 2.24) is 0 Å². The summed E-state index contributed by atoms with van der Waals surface area (Å²) >= 11 is 3.24. The minimum atomic E-state index is 0.585. The molecular weight excluding hydrogens is 208 g/mol. The summed E-state index contributed by atoms with van der Waals surface area (Å²) in [4.78, 5) is 0. The van der Waals surface area contributed by atoms with E-state index in [1.165, 1.54) is 0 Å². The maximum absolute atomic E-state index is 5.59. The highest BCUT2D eigenvalue weighted by atomic mass is 79.9. The molecule has 0 saturated carbocycles. The Kier molecular flexibility index (Phi) is 2.24. The van der Waals surface area contributed by atoms with Crippen molar-refractivity contribution in [3.63, 3.8) is 0 Å². The number of hydrogen-bond acceptors (Lipinski definition) is 3. The maximum Gasteiger partial charge on any atom is 0.123 e. The maximum atomic E-state index is 5.59. The van der Waals surface area contributed by atoms with Crippen LogP contribution in [0, 0.1) is 0 Å². The molecule has 0 aliphatic rings. The molecular formula is C7H9BrN2O. The van der Waals surface area contributed by atoms with Gasteiger partial charge in [0.2, 0.25) is 0 Å². The monoisotopic (exact) mass is 216 g/mol. The first-order chi connectivity index (χ1) is 5.15. The standard InChI is InChI=1S/C7H9BrN2O/c1-11-4-2-5(9)7(8)6(10)3-4/h2-3H,9-10H2,1H3. The second-order valence-corrected chi connectivity index (χ2v) is 2.91. The molecule has 0 amide bonds. The van der Waals surface area contributed by atoms with Crippen molar-refractivity contribution in [3.8, 4) is 5.75 Å². The van der Waals surface area contributed by atoms with E-state index in [0.717, 1.165) is 4.47 Å². The molecule has 0 fully saturated rings. The highest BCUT2D eigenvalue weighted by Crippen LogP contribution is 2.30. The van der Waals surface area contributed by atoms with E-state index in [0.29, 0.717) is 17.1 Å². The van der Waals surface area contributed by atoms with Crippen LogP contribution in [-0.4, -0.2) is 7.11 Å². The molecule has 0 saturated heterocycles. The summed E-state index contributed by atoms with van der Waals surface area (Å²) in [5, 5.41) is 0. The number of hydrogen-bond donors (Lipinski definition) is 2. The predicted molar refractivity (Wildman–Crippen MR) is 49.5 cm³/mol. The Labute approximate surface area is 73.5 Å². The Hall–Kier alpha value is -0.900. The van der Waals surface area contributed by atoms with Crippen LogP contribution in [0.4, 0.5) is 11.4 Å². The lowest BCUT2D eigenvalue weighted by Crippen LogP contribution is -1.94. The number of nitrogens with two attached hydrogens (primary N) is 2. The van der Waals surface area contributed by atoms with E-state index in [4.69, 9.17) is 16.2 Å². The van der Waals surface area contributed by atoms with Crippen LogP contribution < -0.4 is 16.2 Å². The molecule has 0 heterocycles. The SMILES string of the molecule is COc1cc(N)c(Br)c(N)c1. The average Bonchev–Trinajstić information content (AvgIpc) is 1.99. The van der Waals surface area contributed by atoms with Gasteiger partial charge in [-0.15, -0.1) is 0 Å². The fourth-order valence-electron chi connectivity index (χ4n) is 0.759. The van der Waals surface area contributed by atoms with Crippen LogP contribution in [0.15, 0.2) is 16.6 Å². The first-order valence-electron chi connectivity index (χ1n) is 3.03. The molecule has 0 aliphatic carbocycles. The van der Waals surface area contributed by atoms with Crippen molar-refractivity contribution in [2.24, 2.45) is 0 Å². The van der Waals surface area contributed by atoms with Crippen molar-refractivity contribution in [2.75, 3.05) is 18.6 Å². The normalized spacial score (nSPS) is 9.64. The molecule has 11 heavy (non-hydrogen) atoms. The van der Waals surface area contributed by atoms with Gasteiger partial charge in [-0.1, -0.05) is 0 Å². The third-order valence-corrected chi connectivity index (χ3v) is 2.25. The number of nitrogen functional groups attached to an aromatic ring is 2. The topological polar surface area (TPSA) is 61.3 Å². The first kappa shape index (κ1) is 8.20. The van der Waals surface area contributed by atoms with Crippen LogP contribution in [-0.2, 0) is 0 Å². The number of methoxy groups -OCH3 is 1. The van der Waals surface area contributed by atoms with Gasteiger partial charge in [0.05, 0.1) is 23.0 Å². The minimum absolute atomic E-state index is 0.585. The summed E-state index contributed by atoms with van der Waals surface area (Å²) in [5.41, 5.74) is 12.4. The van der Waals surface area contributed by atoms with Crippen LogP contribution in [0.5, 0.6) is 5.75 Å². The van der Waals surface area contributed by atoms with E-state index in [2.05, 4.69) is 15.9 Å². The van der Waals surface area contributed by atoms with Crippen molar-refractivity contribution in [1.29, 1.82) is 0 Å². The van der Waals surface area contributed by atoms with Crippen LogP contribution in [0.1, 0.15) is 0 Å². The first-order valence-corrected chi connectivity index (χ1v) is 3.83. The summed E-state index contributed by atoms with van der Waals surface area (Å²) in [6.45, 7) is 0. The zero-order valence-electron chi connectivity index (χ0n) is 6.10. The summed E-state index contributed by atoms with van der Waals surface area (Å²) in [5.74, 6) is 0.670. The molecule has 0 bridgehead atoms. The second kappa shape index (κ2) is 3.00. The molecule has 4 heteroatoms. The number of halogens is 1. The highest BCUT2D eigenvalue weighted by Gasteiger charge is 2.02. The van der Waals surface area contributed by atoms with E-state index < -0.39 is 0 Å². The molecule has 0 spiro atoms. The van der Waals surface area contributed by atoms with E-state index in [1.54, 1.807) is 19.2 Å². The quantitative estimate of drug-likeness (QED) is 0.702. The van der Waals surface area contributed by atoms with Crippen LogP contribution >= 0.6 is 15.9 Å². The smallest absolute Gasteiger partial charge is 0.123 e. The second-order valence-electron chi connectivity index (χ2n) is 2.12. The van der Waals surface area contributed by atoms with Gasteiger partial charge in [0.15, 0.2) is 0 Å². The molecule has 0 unspecified atom stereocenters. The Morgan fingerprint density at radius 1 is 1.27 bits per heavy atom. The fourth-order valence-corrected chi connectivity index (χ4v) is 0.988. The van der Waals surface area contributed by atoms with Gasteiger partial charge in [-0.3, -0.25) is 0 Å². The molecule has 4 N–H and O–H groups in total. The van der Waals surface area contributed by atoms with Gasteiger partial charge in [0.1, 0.15) is 5.75 Å². The molecule has 1 aromatic carbocycles. The Morgan fingerprint density at radius 3 is 2.09 bits per heavy atom. The largest absolute Gasteiger partial charge is 0.497 e. The van der Waals surface area contributed by atoms with Gasteiger partial charge < -0.3 is 16.2 Å². The summed E-state index contributed by atoms with van der Waals surface area (Å²) in [6, 6.07) is 3.42. The number of benzene rings is 1. The summed E-state index contributed by atoms with van der Waals surface area (Å²) in [6.07, 6.45) is 0. The predicted octanol–water partition coefficient (Wildman–Crippen LogP) is 1.62.